The van der Waals surface area contributed by atoms with Gasteiger partial charge in [-0.3, -0.25) is 0 Å². The quantitative estimate of drug-likeness (QED) is 0.195. The average Bonchev–Trinajstić information content (AvgIpc) is 2.81. The van der Waals surface area contributed by atoms with E-state index in [-0.39, 0.29) is 24.4 Å². The lowest BCUT2D eigenvalue weighted by atomic mass is 9.86. The number of benzene rings is 3. The normalized spacial score (nSPS) is 12.7. The van der Waals surface area contributed by atoms with Gasteiger partial charge in [0, 0.05) is 0 Å². The van der Waals surface area contributed by atoms with Gasteiger partial charge in [0.1, 0.15) is 0 Å². The van der Waals surface area contributed by atoms with E-state index in [9.17, 15) is 4.79 Å². The molecule has 1 unspecified atom stereocenters. The Labute approximate surface area is 202 Å². The number of hydrogen-bond donors (Lipinski definition) is 2. The Morgan fingerprint density at radius 2 is 1.79 bits per heavy atom. The van der Waals surface area contributed by atoms with Gasteiger partial charge in [0.15, 0.2) is 5.96 Å². The highest BCUT2D eigenvalue weighted by molar-refractivity contribution is 6.18. The van der Waals surface area contributed by atoms with E-state index >= 15 is 0 Å². The number of aryl methyl sites for hydroxylation is 2. The molecule has 3 aromatic rings. The molecule has 4 N–H and O–H groups in total. The fourth-order valence-electron chi connectivity index (χ4n) is 4.29. The molecule has 0 heterocycles. The monoisotopic (exact) mass is 457 g/mol. The molecule has 0 saturated carbocycles. The van der Waals surface area contributed by atoms with E-state index in [1.54, 1.807) is 0 Å². The van der Waals surface area contributed by atoms with Crippen LogP contribution in [0.15, 0.2) is 65.2 Å². The first-order valence-corrected chi connectivity index (χ1v) is 11.8. The summed E-state index contributed by atoms with van der Waals surface area (Å²) < 4.78 is 5.47. The third-order valence-corrected chi connectivity index (χ3v) is 6.28. The summed E-state index contributed by atoms with van der Waals surface area (Å²) in [5, 5.41) is 2.41. The topological polar surface area (TPSA) is 90.7 Å². The Bertz CT molecular complexity index is 1250. The number of nitrogens with zero attached hydrogens (tertiary/aromatic N) is 1. The summed E-state index contributed by atoms with van der Waals surface area (Å²) in [6.45, 7) is 10.7. The van der Waals surface area contributed by atoms with Gasteiger partial charge in [0.25, 0.3) is 0 Å². The van der Waals surface area contributed by atoms with Crippen LogP contribution in [0, 0.1) is 19.8 Å². The first-order chi connectivity index (χ1) is 16.3. The number of nitrogens with two attached hydrogens (primary N) is 2. The number of carbonyl (C=O) groups excluding carboxylic acids is 1. The highest BCUT2D eigenvalue weighted by atomic mass is 16.5. The minimum Gasteiger partial charge on any atom is -0.462 e. The van der Waals surface area contributed by atoms with E-state index in [2.05, 4.69) is 74.3 Å². The fourth-order valence-corrected chi connectivity index (χ4v) is 4.29. The molecular weight excluding hydrogens is 422 g/mol. The predicted molar refractivity (Wildman–Crippen MR) is 143 cm³/mol. The van der Waals surface area contributed by atoms with Crippen molar-refractivity contribution in [2.75, 3.05) is 13.2 Å². The Morgan fingerprint density at radius 3 is 2.44 bits per heavy atom. The van der Waals surface area contributed by atoms with Gasteiger partial charge >= 0.3 is 5.97 Å². The van der Waals surface area contributed by atoms with Gasteiger partial charge in [0.05, 0.1) is 18.7 Å². The number of aliphatic imine (C=N–C) groups is 1. The summed E-state index contributed by atoms with van der Waals surface area (Å²) in [6, 6.07) is 19.1. The highest BCUT2D eigenvalue weighted by Crippen LogP contribution is 2.34. The van der Waals surface area contributed by atoms with E-state index in [0.717, 1.165) is 34.2 Å². The van der Waals surface area contributed by atoms with Gasteiger partial charge in [-0.15, -0.1) is 0 Å². The van der Waals surface area contributed by atoms with Crippen LogP contribution in [0.1, 0.15) is 43.9 Å². The number of ether oxygens (including phenoxy) is 1. The Hall–Kier alpha value is -3.60. The number of hydrogen-bond acceptors (Lipinski definition) is 3. The maximum atomic E-state index is 13.2. The second-order valence-corrected chi connectivity index (χ2v) is 8.73. The Morgan fingerprint density at radius 1 is 1.03 bits per heavy atom. The summed E-state index contributed by atoms with van der Waals surface area (Å²) in [6.07, 6.45) is 0.852. The summed E-state index contributed by atoms with van der Waals surface area (Å²) >= 11 is 0. The van der Waals surface area contributed by atoms with Crippen molar-refractivity contribution in [3.05, 3.63) is 76.9 Å². The molecule has 3 aromatic carbocycles. The van der Waals surface area contributed by atoms with Crippen LogP contribution in [0.5, 0.6) is 0 Å². The highest BCUT2D eigenvalue weighted by Gasteiger charge is 2.23. The maximum Gasteiger partial charge on any atom is 0.338 e. The van der Waals surface area contributed by atoms with E-state index in [4.69, 9.17) is 16.2 Å². The lowest BCUT2D eigenvalue weighted by Crippen LogP contribution is -2.24. The molecule has 34 heavy (non-hydrogen) atoms. The number of rotatable bonds is 8. The molecule has 0 fully saturated rings. The van der Waals surface area contributed by atoms with Crippen molar-refractivity contribution in [3.63, 3.8) is 0 Å². The van der Waals surface area contributed by atoms with Crippen molar-refractivity contribution in [3.8, 4) is 11.1 Å². The zero-order chi connectivity index (χ0) is 24.8. The van der Waals surface area contributed by atoms with Crippen LogP contribution < -0.4 is 11.5 Å². The van der Waals surface area contributed by atoms with Crippen LogP contribution in [0.4, 0.5) is 0 Å². The van der Waals surface area contributed by atoms with Gasteiger partial charge < -0.3 is 16.2 Å². The third kappa shape index (κ3) is 5.48. The van der Waals surface area contributed by atoms with Crippen LogP contribution in [0.25, 0.3) is 27.5 Å². The lowest BCUT2D eigenvalue weighted by Gasteiger charge is -2.20. The maximum absolute atomic E-state index is 13.2. The molecule has 178 valence electrons. The molecule has 5 nitrogen and oxygen atoms in total. The van der Waals surface area contributed by atoms with Gasteiger partial charge in [-0.1, -0.05) is 74.0 Å². The molecule has 0 aliphatic carbocycles. The average molecular weight is 458 g/mol. The molecule has 0 spiro atoms. The minimum absolute atomic E-state index is 0.00211. The number of fused-ring (bicyclic) bond motifs is 1. The molecule has 0 aliphatic rings. The first-order valence-electron chi connectivity index (χ1n) is 11.8. The second kappa shape index (κ2) is 11.0. The van der Waals surface area contributed by atoms with Crippen molar-refractivity contribution in [2.45, 2.75) is 41.0 Å². The zero-order valence-electron chi connectivity index (χ0n) is 20.8. The van der Waals surface area contributed by atoms with Gasteiger partial charge in [0.2, 0.25) is 0 Å². The summed E-state index contributed by atoms with van der Waals surface area (Å²) in [4.78, 5) is 17.4. The van der Waals surface area contributed by atoms with E-state index in [1.807, 2.05) is 19.9 Å². The van der Waals surface area contributed by atoms with Crippen molar-refractivity contribution >= 4 is 28.3 Å². The van der Waals surface area contributed by atoms with Gasteiger partial charge in [-0.2, -0.15) is 0 Å². The smallest absolute Gasteiger partial charge is 0.338 e. The van der Waals surface area contributed by atoms with Crippen molar-refractivity contribution in [1.82, 2.24) is 0 Å². The minimum atomic E-state index is -0.347. The first kappa shape index (κ1) is 25.0. The molecule has 0 bridgehead atoms. The molecule has 3 rings (SSSR count). The lowest BCUT2D eigenvalue weighted by molar-refractivity contribution is -0.136. The zero-order valence-corrected chi connectivity index (χ0v) is 20.8. The van der Waals surface area contributed by atoms with Gasteiger partial charge in [-0.05, 0) is 71.7 Å². The standard InChI is InChI=1S/C29H35N3O2/c1-6-19(4)26(17-32-29(30)31)27(28(33)34-7-2)23-14-12-22(16-20(23)5)24-10-8-9-21-15-18(3)11-13-25(21)24/h8-16,19H,6-7,17H2,1-5H3,(H4,30,31,32)/b27-26+. The number of esters is 1. The molecule has 0 amide bonds. The summed E-state index contributed by atoms with van der Waals surface area (Å²) in [5.41, 5.74) is 18.0. The van der Waals surface area contributed by atoms with Crippen molar-refractivity contribution in [2.24, 2.45) is 22.4 Å². The van der Waals surface area contributed by atoms with Crippen LogP contribution in [0.3, 0.4) is 0 Å². The van der Waals surface area contributed by atoms with E-state index in [0.29, 0.717) is 12.2 Å². The van der Waals surface area contributed by atoms with Crippen molar-refractivity contribution in [1.29, 1.82) is 0 Å². The molecule has 0 saturated heterocycles. The SMILES string of the molecule is CCOC(=O)/C(=C(\CN=C(N)N)C(C)CC)c1ccc(-c2cccc3cc(C)ccc23)cc1C. The van der Waals surface area contributed by atoms with Crippen LogP contribution >= 0.6 is 0 Å². The Kier molecular flexibility index (Phi) is 8.11. The fraction of sp³-hybridized carbons (Fsp3) is 0.310. The largest absolute Gasteiger partial charge is 0.462 e. The van der Waals surface area contributed by atoms with E-state index < -0.39 is 0 Å². The van der Waals surface area contributed by atoms with Crippen LogP contribution in [0.2, 0.25) is 0 Å². The van der Waals surface area contributed by atoms with Gasteiger partial charge in [-0.25, -0.2) is 9.79 Å². The molecule has 0 aromatic heterocycles. The second-order valence-electron chi connectivity index (χ2n) is 8.73. The molecular formula is C29H35N3O2. The summed E-state index contributed by atoms with van der Waals surface area (Å²) in [7, 11) is 0. The Balaban J connectivity index is 2.19. The number of carbonyl (C=O) groups is 1. The molecule has 0 radical (unpaired) electrons. The van der Waals surface area contributed by atoms with Crippen molar-refractivity contribution < 1.29 is 9.53 Å². The molecule has 5 heteroatoms. The van der Waals surface area contributed by atoms with E-state index in [1.165, 1.54) is 16.3 Å². The number of guanidine groups is 1. The van der Waals surface area contributed by atoms with Crippen LogP contribution in [-0.4, -0.2) is 25.1 Å². The predicted octanol–water partition coefficient (Wildman–Crippen LogP) is 5.76. The third-order valence-electron chi connectivity index (χ3n) is 6.28. The summed E-state index contributed by atoms with van der Waals surface area (Å²) in [5.74, 6) is -0.231. The molecule has 0 aliphatic heterocycles. The molecule has 1 atom stereocenters. The van der Waals surface area contributed by atoms with Crippen LogP contribution in [-0.2, 0) is 9.53 Å².